The third-order valence-electron chi connectivity index (χ3n) is 23.9. The molecule has 4 unspecified atom stereocenters. The maximum Gasteiger partial charge on any atom is 0.245 e. The first-order valence-corrected chi connectivity index (χ1v) is 38.8. The topological polar surface area (TPSA) is 214 Å². The molecule has 6 saturated heterocycles. The summed E-state index contributed by atoms with van der Waals surface area (Å²) >= 11 is 0. The Morgan fingerprint density at radius 1 is 0.541 bits per heavy atom. The summed E-state index contributed by atoms with van der Waals surface area (Å²) in [6, 6.07) is 6.93. The fourth-order valence-corrected chi connectivity index (χ4v) is 17.2. The number of hydrogen-bond donors (Lipinski definition) is 4. The SMILES string of the molecule is Cc1nc(CC2CCN(C(=O)[C@H](CC(C)C(C)C[C@@H]3NCCN([C@@H](CC(C)C)C(=O)N4CCC(COc5ccccc5)CC4)C3=O)N3CCN[C@@H](CC(C)CCC(C)C[C@@H](C(=O)N4CCC(Cc5nc6c(n5C)CCCC6)CC4)N4CCN[C@@H](CCC(C)C)C4=O)C3=O)CC2)[nH]c1C. The summed E-state index contributed by atoms with van der Waals surface area (Å²) in [4.78, 5) is 115. The van der Waals surface area contributed by atoms with E-state index >= 15 is 14.4 Å². The average molecular weight is 1360 g/mol. The van der Waals surface area contributed by atoms with E-state index in [0.29, 0.717) is 141 Å². The normalized spacial score (nSPS) is 23.5. The van der Waals surface area contributed by atoms with Gasteiger partial charge in [-0.15, -0.1) is 0 Å². The van der Waals surface area contributed by atoms with Gasteiger partial charge < -0.3 is 59.6 Å². The highest BCUT2D eigenvalue weighted by atomic mass is 16.5. The minimum Gasteiger partial charge on any atom is -0.493 e. The van der Waals surface area contributed by atoms with Crippen LogP contribution in [0.1, 0.15) is 199 Å². The van der Waals surface area contributed by atoms with E-state index < -0.39 is 30.2 Å². The highest BCUT2D eigenvalue weighted by molar-refractivity contribution is 5.92. The van der Waals surface area contributed by atoms with Gasteiger partial charge in [-0.05, 0) is 188 Å². The Hall–Kier alpha value is -5.86. The van der Waals surface area contributed by atoms with Crippen LogP contribution in [0.4, 0.5) is 0 Å². The molecule has 20 heteroatoms. The molecule has 3 aromatic rings. The van der Waals surface area contributed by atoms with Crippen LogP contribution in [-0.4, -0.2) is 206 Å². The summed E-state index contributed by atoms with van der Waals surface area (Å²) in [7, 11) is 2.18. The van der Waals surface area contributed by atoms with E-state index in [2.05, 4.69) is 99.8 Å². The quantitative estimate of drug-likeness (QED) is 0.0492. The Kier molecular flexibility index (Phi) is 26.8. The number of aromatic nitrogens is 4. The Morgan fingerprint density at radius 3 is 1.58 bits per heavy atom. The summed E-state index contributed by atoms with van der Waals surface area (Å²) in [5.74, 6) is 5.35. The number of carbonyl (C=O) groups is 6. The number of imidazole rings is 2. The summed E-state index contributed by atoms with van der Waals surface area (Å²) in [5, 5.41) is 10.7. The minimum atomic E-state index is -0.663. The molecule has 10 atom stereocenters. The van der Waals surface area contributed by atoms with Crippen molar-refractivity contribution in [1.29, 1.82) is 0 Å². The maximum atomic E-state index is 15.4. The van der Waals surface area contributed by atoms with E-state index in [1.54, 1.807) is 0 Å². The molecule has 0 bridgehead atoms. The molecule has 8 heterocycles. The van der Waals surface area contributed by atoms with Gasteiger partial charge in [0, 0.05) is 110 Å². The molecular weight excluding hydrogens is 1230 g/mol. The molecule has 0 saturated carbocycles. The van der Waals surface area contributed by atoms with Gasteiger partial charge >= 0.3 is 0 Å². The van der Waals surface area contributed by atoms with Gasteiger partial charge in [0.1, 0.15) is 35.5 Å². The summed E-state index contributed by atoms with van der Waals surface area (Å²) < 4.78 is 8.45. The largest absolute Gasteiger partial charge is 0.493 e. The number of nitrogens with one attached hydrogen (secondary N) is 4. The van der Waals surface area contributed by atoms with E-state index in [9.17, 15) is 14.4 Å². The van der Waals surface area contributed by atoms with Crippen molar-refractivity contribution in [2.24, 2.45) is 60.3 Å². The number of piperidine rings is 3. The Balaban J connectivity index is 0.770. The van der Waals surface area contributed by atoms with Gasteiger partial charge in [0.25, 0.3) is 0 Å². The number of carbonyl (C=O) groups excluding carboxylic acids is 6. The number of aryl methyl sites for hydroxylation is 3. The highest BCUT2D eigenvalue weighted by Gasteiger charge is 2.45. The monoisotopic (exact) mass is 1360 g/mol. The Morgan fingerprint density at radius 2 is 1.04 bits per heavy atom. The molecule has 544 valence electrons. The molecule has 10 rings (SSSR count). The second-order valence-electron chi connectivity index (χ2n) is 32.4. The predicted octanol–water partition coefficient (Wildman–Crippen LogP) is 9.09. The maximum absolute atomic E-state index is 15.4. The molecule has 6 fully saturated rings. The summed E-state index contributed by atoms with van der Waals surface area (Å²) in [5.41, 5.74) is 4.78. The second-order valence-corrected chi connectivity index (χ2v) is 32.4. The first-order valence-electron chi connectivity index (χ1n) is 38.8. The number of piperazine rings is 3. The zero-order chi connectivity index (χ0) is 69.7. The number of fused-ring (bicyclic) bond motifs is 1. The number of benzene rings is 1. The molecule has 98 heavy (non-hydrogen) atoms. The molecule has 20 nitrogen and oxygen atoms in total. The summed E-state index contributed by atoms with van der Waals surface area (Å²) in [6.07, 6.45) is 17.9. The van der Waals surface area contributed by atoms with Gasteiger partial charge in [-0.1, -0.05) is 86.4 Å². The van der Waals surface area contributed by atoms with E-state index in [1.807, 2.05) is 61.8 Å². The van der Waals surface area contributed by atoms with Crippen molar-refractivity contribution in [2.45, 2.75) is 240 Å². The minimum absolute atomic E-state index is 0.00838. The zero-order valence-corrected chi connectivity index (χ0v) is 62.0. The summed E-state index contributed by atoms with van der Waals surface area (Å²) in [6.45, 7) is 29.3. The number of amides is 6. The molecule has 0 radical (unpaired) electrons. The van der Waals surface area contributed by atoms with Crippen LogP contribution in [0.5, 0.6) is 5.75 Å². The smallest absolute Gasteiger partial charge is 0.245 e. The molecule has 1 aromatic carbocycles. The molecule has 0 spiro atoms. The predicted molar refractivity (Wildman–Crippen MR) is 385 cm³/mol. The zero-order valence-electron chi connectivity index (χ0n) is 62.0. The van der Waals surface area contributed by atoms with Crippen LogP contribution in [-0.2, 0) is 61.5 Å². The number of rotatable bonds is 30. The average Bonchev–Trinajstić information content (AvgIpc) is 1.47. The van der Waals surface area contributed by atoms with Gasteiger partial charge in [-0.3, -0.25) is 28.8 Å². The molecule has 2 aromatic heterocycles. The van der Waals surface area contributed by atoms with E-state index in [-0.39, 0.29) is 71.1 Å². The van der Waals surface area contributed by atoms with Gasteiger partial charge in [-0.25, -0.2) is 9.97 Å². The van der Waals surface area contributed by atoms with Crippen molar-refractivity contribution in [2.75, 3.05) is 85.1 Å². The van der Waals surface area contributed by atoms with E-state index in [0.717, 1.165) is 113 Å². The molecule has 6 amide bonds. The van der Waals surface area contributed by atoms with Crippen LogP contribution in [0, 0.1) is 67.1 Å². The standard InChI is InChI=1S/C78H125N13O7/c1-51(2)21-24-64-73(92)90(40-31-79-64)69(77(96)86-36-27-60(28-37-86)49-72-84-63-19-15-16-20-67(63)85(72)11)45-54(6)23-22-53(5)44-65-74(93)91(42-32-80-65)70(78(97)87-34-25-59(26-35-87)48-71-82-57(9)58(10)83-71)47-56(8)55(7)46-66-75(94)89(41-33-81-66)68(43-52(3)4)76(95)88-38-29-61(30-39-88)50-98-62-17-13-12-14-18-62/h12-14,17-18,51-56,59-61,64-66,68-70,79-81H,15-16,19-50H2,1-11H3,(H,82,83)/t53?,54?,55?,56?,64-,65-,66-,68-,69-,70-/m0/s1. The first-order chi connectivity index (χ1) is 47.1. The Bertz CT molecular complexity index is 3070. The molecule has 7 aliphatic rings. The number of likely N-dealkylation sites (tertiary alicyclic amines) is 3. The van der Waals surface area contributed by atoms with Crippen LogP contribution >= 0.6 is 0 Å². The molecule has 4 N–H and O–H groups in total. The van der Waals surface area contributed by atoms with Crippen molar-refractivity contribution in [3.63, 3.8) is 0 Å². The van der Waals surface area contributed by atoms with Crippen molar-refractivity contribution < 1.29 is 33.5 Å². The van der Waals surface area contributed by atoms with E-state index in [1.165, 1.54) is 30.1 Å². The molecule has 6 aliphatic heterocycles. The molecular formula is C78H125N13O7. The van der Waals surface area contributed by atoms with Crippen LogP contribution in [0.25, 0.3) is 0 Å². The first kappa shape index (κ1) is 74.8. The number of hydrogen-bond acceptors (Lipinski definition) is 12. The fraction of sp³-hybridized carbons (Fsp3) is 0.769. The number of aromatic amines is 1. The number of nitrogens with zero attached hydrogens (tertiary/aromatic N) is 9. The van der Waals surface area contributed by atoms with E-state index in [4.69, 9.17) is 14.7 Å². The van der Waals surface area contributed by atoms with Crippen molar-refractivity contribution >= 4 is 35.4 Å². The number of ether oxygens (including phenoxy) is 1. The lowest BCUT2D eigenvalue weighted by atomic mass is 9.83. The van der Waals surface area contributed by atoms with Crippen molar-refractivity contribution in [3.05, 3.63) is 64.8 Å². The lowest BCUT2D eigenvalue weighted by Gasteiger charge is -2.43. The Labute approximate surface area is 587 Å². The van der Waals surface area contributed by atoms with Crippen molar-refractivity contribution in [3.8, 4) is 5.75 Å². The van der Waals surface area contributed by atoms with Crippen LogP contribution < -0.4 is 20.7 Å². The van der Waals surface area contributed by atoms with Gasteiger partial charge in [0.05, 0.1) is 36.1 Å². The highest BCUT2D eigenvalue weighted by Crippen LogP contribution is 2.34. The van der Waals surface area contributed by atoms with Crippen LogP contribution in [0.2, 0.25) is 0 Å². The van der Waals surface area contributed by atoms with Crippen LogP contribution in [0.15, 0.2) is 30.3 Å². The molecule has 1 aliphatic carbocycles. The lowest BCUT2D eigenvalue weighted by molar-refractivity contribution is -0.151. The van der Waals surface area contributed by atoms with Crippen LogP contribution in [0.3, 0.4) is 0 Å². The van der Waals surface area contributed by atoms with Gasteiger partial charge in [-0.2, -0.15) is 0 Å². The van der Waals surface area contributed by atoms with Crippen molar-refractivity contribution in [1.82, 2.24) is 64.9 Å². The lowest BCUT2D eigenvalue weighted by Crippen LogP contribution is -2.63. The number of H-pyrrole nitrogens is 1. The third kappa shape index (κ3) is 19.4. The second kappa shape index (κ2) is 35.2. The van der Waals surface area contributed by atoms with Gasteiger partial charge in [0.15, 0.2) is 0 Å². The van der Waals surface area contributed by atoms with Gasteiger partial charge in [0.2, 0.25) is 35.4 Å². The fourth-order valence-electron chi connectivity index (χ4n) is 17.2. The third-order valence-corrected chi connectivity index (χ3v) is 23.9. The number of para-hydroxylation sites is 1.